The minimum Gasteiger partial charge on any atom is -0.334 e. The molecule has 1 aromatic heterocycles. The van der Waals surface area contributed by atoms with Crippen molar-refractivity contribution in [3.63, 3.8) is 0 Å². The summed E-state index contributed by atoms with van der Waals surface area (Å²) in [4.78, 5) is 24.8. The molecule has 3 rings (SSSR count). The van der Waals surface area contributed by atoms with Crippen LogP contribution in [0.3, 0.4) is 0 Å². The molecule has 1 saturated heterocycles. The maximum atomic E-state index is 12.6. The molecule has 1 amide bonds. The fourth-order valence-corrected chi connectivity index (χ4v) is 3.07. The van der Waals surface area contributed by atoms with Gasteiger partial charge in [0, 0.05) is 30.9 Å². The van der Waals surface area contributed by atoms with Crippen molar-refractivity contribution in [3.8, 4) is 5.69 Å². The topological polar surface area (TPSA) is 107 Å². The molecule has 0 saturated carbocycles. The van der Waals surface area contributed by atoms with Crippen molar-refractivity contribution < 1.29 is 9.72 Å². The monoisotopic (exact) mass is 365 g/mol. The normalized spacial score (nSPS) is 19.5. The fraction of sp³-hybridized carbons (Fsp3) is 0.375. The third kappa shape index (κ3) is 3.80. The second kappa shape index (κ2) is 7.62. The zero-order chi connectivity index (χ0) is 17.3. The van der Waals surface area contributed by atoms with Crippen LogP contribution in [0.25, 0.3) is 5.69 Å². The Kier molecular flexibility index (Phi) is 5.76. The maximum absolute atomic E-state index is 12.6. The van der Waals surface area contributed by atoms with Gasteiger partial charge in [-0.3, -0.25) is 14.9 Å². The molecule has 0 bridgehead atoms. The van der Waals surface area contributed by atoms with Crippen molar-refractivity contribution in [2.24, 2.45) is 11.7 Å². The Morgan fingerprint density at radius 3 is 2.84 bits per heavy atom. The van der Waals surface area contributed by atoms with Gasteiger partial charge in [-0.25, -0.2) is 4.68 Å². The highest BCUT2D eigenvalue weighted by Crippen LogP contribution is 2.24. The largest absolute Gasteiger partial charge is 0.334 e. The van der Waals surface area contributed by atoms with E-state index in [1.165, 1.54) is 16.8 Å². The van der Waals surface area contributed by atoms with Gasteiger partial charge < -0.3 is 10.6 Å². The number of nitro groups is 1. The number of aromatic nitrogens is 2. The molecule has 0 spiro atoms. The second-order valence-corrected chi connectivity index (χ2v) is 6.07. The molecule has 134 valence electrons. The van der Waals surface area contributed by atoms with Gasteiger partial charge in [-0.05, 0) is 37.9 Å². The first-order chi connectivity index (χ1) is 11.5. The number of carbonyl (C=O) groups is 1. The molecule has 1 aromatic carbocycles. The SMILES string of the molecule is CC1CC(CN)CN1C(=O)c1ccn(-c2cccc([N+](=O)[O-])c2)n1.Cl. The summed E-state index contributed by atoms with van der Waals surface area (Å²) in [5.74, 6) is 0.186. The average Bonchev–Trinajstić information content (AvgIpc) is 3.21. The first kappa shape index (κ1) is 18.9. The Morgan fingerprint density at radius 1 is 1.44 bits per heavy atom. The summed E-state index contributed by atoms with van der Waals surface area (Å²) in [5.41, 5.74) is 6.55. The number of benzene rings is 1. The van der Waals surface area contributed by atoms with Crippen molar-refractivity contribution in [3.05, 3.63) is 52.3 Å². The highest BCUT2D eigenvalue weighted by Gasteiger charge is 2.33. The van der Waals surface area contributed by atoms with Gasteiger partial charge >= 0.3 is 0 Å². The Labute approximate surface area is 151 Å². The van der Waals surface area contributed by atoms with Gasteiger partial charge in [-0.1, -0.05) is 6.07 Å². The lowest BCUT2D eigenvalue weighted by atomic mass is 10.1. The Morgan fingerprint density at radius 2 is 2.20 bits per heavy atom. The number of nitrogens with zero attached hydrogens (tertiary/aromatic N) is 4. The van der Waals surface area contributed by atoms with Gasteiger partial charge in [0.15, 0.2) is 5.69 Å². The van der Waals surface area contributed by atoms with Gasteiger partial charge in [-0.15, -0.1) is 12.4 Å². The van der Waals surface area contributed by atoms with Gasteiger partial charge in [0.1, 0.15) is 0 Å². The van der Waals surface area contributed by atoms with E-state index in [1.54, 1.807) is 29.3 Å². The van der Waals surface area contributed by atoms with E-state index in [0.29, 0.717) is 30.4 Å². The molecular weight excluding hydrogens is 346 g/mol. The minimum absolute atomic E-state index is 0. The Balaban J connectivity index is 0.00000225. The van der Waals surface area contributed by atoms with Crippen LogP contribution < -0.4 is 5.73 Å². The van der Waals surface area contributed by atoms with Gasteiger partial charge in [0.25, 0.3) is 11.6 Å². The lowest BCUT2D eigenvalue weighted by Crippen LogP contribution is -2.34. The van der Waals surface area contributed by atoms with Gasteiger partial charge in [-0.2, -0.15) is 5.10 Å². The standard InChI is InChI=1S/C16H19N5O3.ClH/c1-11-7-12(9-17)10-19(11)16(22)15-5-6-20(18-15)13-3-2-4-14(8-13)21(23)24;/h2-6,8,11-12H,7,9-10,17H2,1H3;1H. The zero-order valence-electron chi connectivity index (χ0n) is 13.7. The molecule has 8 nitrogen and oxygen atoms in total. The van der Waals surface area contributed by atoms with E-state index < -0.39 is 4.92 Å². The van der Waals surface area contributed by atoms with Crippen LogP contribution in [0.5, 0.6) is 0 Å². The number of amides is 1. The Bertz CT molecular complexity index is 779. The number of halogens is 1. The van der Waals surface area contributed by atoms with E-state index in [4.69, 9.17) is 5.73 Å². The summed E-state index contributed by atoms with van der Waals surface area (Å²) in [5, 5.41) is 15.2. The van der Waals surface area contributed by atoms with Crippen LogP contribution in [-0.2, 0) is 0 Å². The van der Waals surface area contributed by atoms with Crippen LogP contribution in [0, 0.1) is 16.0 Å². The van der Waals surface area contributed by atoms with Crippen LogP contribution in [0.2, 0.25) is 0 Å². The van der Waals surface area contributed by atoms with Gasteiger partial charge in [0.05, 0.1) is 10.6 Å². The number of hydrogen-bond acceptors (Lipinski definition) is 5. The summed E-state index contributed by atoms with van der Waals surface area (Å²) in [6.07, 6.45) is 2.53. The first-order valence-corrected chi connectivity index (χ1v) is 7.81. The molecule has 25 heavy (non-hydrogen) atoms. The molecule has 2 unspecified atom stereocenters. The van der Waals surface area contributed by atoms with Crippen LogP contribution in [-0.4, -0.2) is 44.6 Å². The molecule has 0 aliphatic carbocycles. The van der Waals surface area contributed by atoms with E-state index in [9.17, 15) is 14.9 Å². The minimum atomic E-state index is -0.460. The maximum Gasteiger partial charge on any atom is 0.274 e. The number of non-ortho nitro benzene ring substituents is 1. The molecule has 2 aromatic rings. The summed E-state index contributed by atoms with van der Waals surface area (Å²) < 4.78 is 1.47. The van der Waals surface area contributed by atoms with Crippen molar-refractivity contribution in [1.29, 1.82) is 0 Å². The van der Waals surface area contributed by atoms with Crippen LogP contribution >= 0.6 is 12.4 Å². The van der Waals surface area contributed by atoms with Crippen molar-refractivity contribution in [2.45, 2.75) is 19.4 Å². The van der Waals surface area contributed by atoms with Crippen LogP contribution in [0.15, 0.2) is 36.5 Å². The quantitative estimate of drug-likeness (QED) is 0.658. The molecule has 2 N–H and O–H groups in total. The van der Waals surface area contributed by atoms with Crippen LogP contribution in [0.4, 0.5) is 5.69 Å². The van der Waals surface area contributed by atoms with Crippen molar-refractivity contribution >= 4 is 24.0 Å². The van der Waals surface area contributed by atoms with E-state index in [2.05, 4.69) is 5.10 Å². The molecule has 1 aliphatic rings. The van der Waals surface area contributed by atoms with E-state index in [0.717, 1.165) is 6.42 Å². The molecule has 1 aliphatic heterocycles. The summed E-state index contributed by atoms with van der Waals surface area (Å²) >= 11 is 0. The van der Waals surface area contributed by atoms with Gasteiger partial charge in [0.2, 0.25) is 0 Å². The number of carbonyl (C=O) groups excluding carboxylic acids is 1. The lowest BCUT2D eigenvalue weighted by Gasteiger charge is -2.20. The predicted molar refractivity (Wildman–Crippen MR) is 95.1 cm³/mol. The first-order valence-electron chi connectivity index (χ1n) is 7.81. The highest BCUT2D eigenvalue weighted by molar-refractivity contribution is 5.92. The summed E-state index contributed by atoms with van der Waals surface area (Å²) in [7, 11) is 0. The molecule has 2 atom stereocenters. The second-order valence-electron chi connectivity index (χ2n) is 6.07. The molecule has 9 heteroatoms. The van der Waals surface area contributed by atoms with E-state index in [1.807, 2.05) is 6.92 Å². The van der Waals surface area contributed by atoms with E-state index in [-0.39, 0.29) is 30.0 Å². The molecule has 1 fully saturated rings. The smallest absolute Gasteiger partial charge is 0.274 e. The molecule has 2 heterocycles. The molecular formula is C16H20ClN5O3. The number of rotatable bonds is 4. The number of nitro benzene ring substituents is 1. The Hall–Kier alpha value is -2.45. The van der Waals surface area contributed by atoms with E-state index >= 15 is 0 Å². The zero-order valence-corrected chi connectivity index (χ0v) is 14.6. The molecule has 0 radical (unpaired) electrons. The third-order valence-corrected chi connectivity index (χ3v) is 4.37. The lowest BCUT2D eigenvalue weighted by molar-refractivity contribution is -0.384. The van der Waals surface area contributed by atoms with Crippen LogP contribution in [0.1, 0.15) is 23.8 Å². The summed E-state index contributed by atoms with van der Waals surface area (Å²) in [6.45, 7) is 3.21. The highest BCUT2D eigenvalue weighted by atomic mass is 35.5. The predicted octanol–water partition coefficient (Wildman–Crippen LogP) is 2.01. The van der Waals surface area contributed by atoms with Crippen molar-refractivity contribution in [2.75, 3.05) is 13.1 Å². The fourth-order valence-electron chi connectivity index (χ4n) is 3.07. The third-order valence-electron chi connectivity index (χ3n) is 4.37. The number of likely N-dealkylation sites (tertiary alicyclic amines) is 1. The number of nitrogens with two attached hydrogens (primary N) is 1. The number of hydrogen-bond donors (Lipinski definition) is 1. The van der Waals surface area contributed by atoms with Crippen molar-refractivity contribution in [1.82, 2.24) is 14.7 Å². The average molecular weight is 366 g/mol. The summed E-state index contributed by atoms with van der Waals surface area (Å²) in [6, 6.07) is 7.89.